The Morgan fingerprint density at radius 1 is 1.19 bits per heavy atom. The summed E-state index contributed by atoms with van der Waals surface area (Å²) in [5, 5.41) is 4.23. The Balaban J connectivity index is 2.18. The van der Waals surface area contributed by atoms with Gasteiger partial charge in [-0.1, -0.05) is 26.0 Å². The van der Waals surface area contributed by atoms with Gasteiger partial charge in [0.1, 0.15) is 12.2 Å². The van der Waals surface area contributed by atoms with E-state index in [4.69, 9.17) is 0 Å². The minimum absolute atomic E-state index is 0.139. The zero-order valence-corrected chi connectivity index (χ0v) is 15.3. The van der Waals surface area contributed by atoms with Crippen molar-refractivity contribution < 1.29 is 18.0 Å². The fraction of sp³-hybridized carbons (Fsp3) is 0.474. The van der Waals surface area contributed by atoms with E-state index in [9.17, 15) is 18.0 Å². The van der Waals surface area contributed by atoms with Gasteiger partial charge in [0, 0.05) is 37.2 Å². The fourth-order valence-electron chi connectivity index (χ4n) is 3.49. The lowest BCUT2D eigenvalue weighted by molar-refractivity contribution is -0.143. The number of benzene rings is 1. The van der Waals surface area contributed by atoms with Gasteiger partial charge in [-0.15, -0.1) is 0 Å². The molecule has 4 nitrogen and oxygen atoms in total. The van der Waals surface area contributed by atoms with Crippen molar-refractivity contribution in [1.82, 2.24) is 9.78 Å². The molecule has 0 atom stereocenters. The number of halogens is 3. The van der Waals surface area contributed by atoms with Crippen molar-refractivity contribution in [2.45, 2.75) is 44.8 Å². The SMILES string of the molecule is CN(C)c1ccc(-c2nn(CC(F)(F)F)c3c2C(=O)CCC3(C)C)cc1. The van der Waals surface area contributed by atoms with Gasteiger partial charge in [0.25, 0.3) is 0 Å². The molecule has 1 aromatic carbocycles. The molecule has 0 bridgehead atoms. The van der Waals surface area contributed by atoms with Gasteiger partial charge in [-0.05, 0) is 18.6 Å². The van der Waals surface area contributed by atoms with Crippen LogP contribution in [0, 0.1) is 0 Å². The van der Waals surface area contributed by atoms with E-state index in [-0.39, 0.29) is 5.78 Å². The number of Topliss-reactive ketones (excluding diaryl/α,β-unsaturated/α-hetero) is 1. The first-order valence-corrected chi connectivity index (χ1v) is 8.48. The van der Waals surface area contributed by atoms with E-state index in [1.54, 1.807) is 12.1 Å². The van der Waals surface area contributed by atoms with Crippen molar-refractivity contribution in [3.63, 3.8) is 0 Å². The van der Waals surface area contributed by atoms with Crippen LogP contribution in [0.1, 0.15) is 42.7 Å². The second kappa shape index (κ2) is 6.14. The summed E-state index contributed by atoms with van der Waals surface area (Å²) < 4.78 is 40.2. The molecule has 0 amide bonds. The molecular formula is C19H22F3N3O. The number of aromatic nitrogens is 2. The Morgan fingerprint density at radius 3 is 2.35 bits per heavy atom. The van der Waals surface area contributed by atoms with Gasteiger partial charge in [-0.2, -0.15) is 18.3 Å². The molecule has 1 aromatic heterocycles. The van der Waals surface area contributed by atoms with Crippen LogP contribution < -0.4 is 4.90 Å². The van der Waals surface area contributed by atoms with Crippen molar-refractivity contribution in [2.75, 3.05) is 19.0 Å². The summed E-state index contributed by atoms with van der Waals surface area (Å²) in [6.45, 7) is 2.54. The smallest absolute Gasteiger partial charge is 0.378 e. The summed E-state index contributed by atoms with van der Waals surface area (Å²) in [6.07, 6.45) is -3.57. The lowest BCUT2D eigenvalue weighted by Gasteiger charge is -2.30. The summed E-state index contributed by atoms with van der Waals surface area (Å²) in [4.78, 5) is 14.5. The Kier molecular flexibility index (Phi) is 4.37. The topological polar surface area (TPSA) is 38.1 Å². The minimum atomic E-state index is -4.40. The molecule has 26 heavy (non-hydrogen) atoms. The molecule has 0 aliphatic heterocycles. The quantitative estimate of drug-likeness (QED) is 0.807. The molecule has 3 rings (SSSR count). The molecule has 0 saturated heterocycles. The number of fused-ring (bicyclic) bond motifs is 1. The largest absolute Gasteiger partial charge is 0.408 e. The van der Waals surface area contributed by atoms with Crippen LogP contribution in [0.2, 0.25) is 0 Å². The monoisotopic (exact) mass is 365 g/mol. The molecule has 0 spiro atoms. The number of carbonyl (C=O) groups excluding carboxylic acids is 1. The van der Waals surface area contributed by atoms with Gasteiger partial charge >= 0.3 is 6.18 Å². The van der Waals surface area contributed by atoms with Crippen LogP contribution in [0.3, 0.4) is 0 Å². The molecule has 7 heteroatoms. The number of carbonyl (C=O) groups is 1. The fourth-order valence-corrected chi connectivity index (χ4v) is 3.49. The lowest BCUT2D eigenvalue weighted by Crippen LogP contribution is -2.32. The maximum Gasteiger partial charge on any atom is 0.408 e. The number of nitrogens with zero attached hydrogens (tertiary/aromatic N) is 3. The van der Waals surface area contributed by atoms with Crippen LogP contribution in [-0.4, -0.2) is 35.8 Å². The minimum Gasteiger partial charge on any atom is -0.378 e. The first kappa shape index (κ1) is 18.5. The van der Waals surface area contributed by atoms with E-state index in [2.05, 4.69) is 5.10 Å². The van der Waals surface area contributed by atoms with E-state index < -0.39 is 18.1 Å². The Bertz CT molecular complexity index is 833. The van der Waals surface area contributed by atoms with Crippen molar-refractivity contribution in [2.24, 2.45) is 0 Å². The number of hydrogen-bond acceptors (Lipinski definition) is 3. The van der Waals surface area contributed by atoms with E-state index in [0.717, 1.165) is 10.4 Å². The molecular weight excluding hydrogens is 343 g/mol. The second-order valence-electron chi connectivity index (χ2n) is 7.59. The highest BCUT2D eigenvalue weighted by molar-refractivity contribution is 6.04. The van der Waals surface area contributed by atoms with E-state index in [1.807, 2.05) is 45.0 Å². The summed E-state index contributed by atoms with van der Waals surface area (Å²) in [5.41, 5.74) is 2.14. The molecule has 0 radical (unpaired) electrons. The zero-order chi connectivity index (χ0) is 19.3. The molecule has 0 unspecified atom stereocenters. The second-order valence-corrected chi connectivity index (χ2v) is 7.59. The number of anilines is 1. The van der Waals surface area contributed by atoms with Crippen LogP contribution in [-0.2, 0) is 12.0 Å². The summed E-state index contributed by atoms with van der Waals surface area (Å²) in [6, 6.07) is 7.32. The summed E-state index contributed by atoms with van der Waals surface area (Å²) in [5.74, 6) is -0.139. The molecule has 0 saturated carbocycles. The van der Waals surface area contributed by atoms with Crippen molar-refractivity contribution in [3.05, 3.63) is 35.5 Å². The maximum atomic E-state index is 13.1. The average Bonchev–Trinajstić information content (AvgIpc) is 2.90. The molecule has 1 aliphatic rings. The van der Waals surface area contributed by atoms with Crippen LogP contribution in [0.25, 0.3) is 11.3 Å². The van der Waals surface area contributed by atoms with Gasteiger partial charge in [0.2, 0.25) is 0 Å². The molecule has 2 aromatic rings. The van der Waals surface area contributed by atoms with Gasteiger partial charge in [0.05, 0.1) is 11.3 Å². The van der Waals surface area contributed by atoms with Crippen LogP contribution in [0.5, 0.6) is 0 Å². The predicted molar refractivity (Wildman–Crippen MR) is 94.6 cm³/mol. The van der Waals surface area contributed by atoms with E-state index in [1.165, 1.54) is 0 Å². The highest BCUT2D eigenvalue weighted by atomic mass is 19.4. The number of rotatable bonds is 3. The third-order valence-electron chi connectivity index (χ3n) is 4.84. The Hall–Kier alpha value is -2.31. The third kappa shape index (κ3) is 3.34. The van der Waals surface area contributed by atoms with E-state index in [0.29, 0.717) is 35.4 Å². The lowest BCUT2D eigenvalue weighted by atomic mass is 9.75. The molecule has 140 valence electrons. The van der Waals surface area contributed by atoms with Gasteiger partial charge < -0.3 is 4.90 Å². The third-order valence-corrected chi connectivity index (χ3v) is 4.84. The number of hydrogen-bond donors (Lipinski definition) is 0. The first-order chi connectivity index (χ1) is 12.0. The standard InChI is InChI=1S/C19H22F3N3O/c1-18(2)10-9-14(26)15-16(12-5-7-13(8-6-12)24(3)4)23-25(17(15)18)11-19(20,21)22/h5-8H,9-11H2,1-4H3. The molecule has 1 aliphatic carbocycles. The summed E-state index contributed by atoms with van der Waals surface area (Å²) in [7, 11) is 3.81. The van der Waals surface area contributed by atoms with Crippen LogP contribution in [0.4, 0.5) is 18.9 Å². The van der Waals surface area contributed by atoms with Gasteiger partial charge in [-0.3, -0.25) is 9.48 Å². The normalized spacial score (nSPS) is 16.5. The summed E-state index contributed by atoms with van der Waals surface area (Å²) >= 11 is 0. The molecule has 0 fully saturated rings. The molecule has 1 heterocycles. The Labute approximate surface area is 150 Å². The van der Waals surface area contributed by atoms with Crippen LogP contribution in [0.15, 0.2) is 24.3 Å². The maximum absolute atomic E-state index is 13.1. The average molecular weight is 365 g/mol. The highest BCUT2D eigenvalue weighted by Crippen LogP contribution is 2.42. The van der Waals surface area contributed by atoms with E-state index >= 15 is 0 Å². The van der Waals surface area contributed by atoms with Crippen molar-refractivity contribution in [1.29, 1.82) is 0 Å². The number of ketones is 1. The van der Waals surface area contributed by atoms with Gasteiger partial charge in [0.15, 0.2) is 5.78 Å². The van der Waals surface area contributed by atoms with Crippen molar-refractivity contribution >= 4 is 11.5 Å². The number of alkyl halides is 3. The molecule has 0 N–H and O–H groups in total. The van der Waals surface area contributed by atoms with Crippen LogP contribution >= 0.6 is 0 Å². The van der Waals surface area contributed by atoms with Crippen molar-refractivity contribution in [3.8, 4) is 11.3 Å². The first-order valence-electron chi connectivity index (χ1n) is 8.48. The van der Waals surface area contributed by atoms with Gasteiger partial charge in [-0.25, -0.2) is 0 Å². The predicted octanol–water partition coefficient (Wildman–Crippen LogP) is 4.43. The Morgan fingerprint density at radius 2 is 1.81 bits per heavy atom. The zero-order valence-electron chi connectivity index (χ0n) is 15.3. The highest BCUT2D eigenvalue weighted by Gasteiger charge is 2.41.